The Labute approximate surface area is 214 Å². The molecular formula is C25H29N5O5S. The Morgan fingerprint density at radius 2 is 1.89 bits per heavy atom. The fraction of sp³-hybridized carbons (Fsp3) is 0.400. The van der Waals surface area contributed by atoms with Gasteiger partial charge in [-0.25, -0.2) is 0 Å². The van der Waals surface area contributed by atoms with Gasteiger partial charge in [0, 0.05) is 37.6 Å². The van der Waals surface area contributed by atoms with Crippen molar-refractivity contribution in [3.8, 4) is 5.69 Å². The molecule has 0 saturated carbocycles. The molecule has 0 radical (unpaired) electrons. The van der Waals surface area contributed by atoms with Crippen LogP contribution in [0.1, 0.15) is 36.2 Å². The van der Waals surface area contributed by atoms with E-state index in [0.29, 0.717) is 11.4 Å². The maximum atomic E-state index is 12.9. The van der Waals surface area contributed by atoms with Crippen LogP contribution in [0.5, 0.6) is 0 Å². The maximum Gasteiger partial charge on any atom is 0.325 e. The van der Waals surface area contributed by atoms with E-state index in [2.05, 4.69) is 4.90 Å². The molecule has 1 aromatic carbocycles. The number of likely N-dealkylation sites (N-methyl/N-ethyl adjacent to an activating group) is 1. The molecule has 0 spiro atoms. The molecule has 36 heavy (non-hydrogen) atoms. The molecule has 0 bridgehead atoms. The zero-order chi connectivity index (χ0) is 26.1. The van der Waals surface area contributed by atoms with Crippen LogP contribution in [0.2, 0.25) is 0 Å². The maximum absolute atomic E-state index is 12.9. The Balaban J connectivity index is 1.74. The van der Waals surface area contributed by atoms with E-state index in [1.54, 1.807) is 19.2 Å². The van der Waals surface area contributed by atoms with Crippen LogP contribution in [-0.2, 0) is 14.3 Å². The molecular weight excluding hydrogens is 482 g/mol. The molecule has 0 atom stereocenters. The van der Waals surface area contributed by atoms with E-state index in [0.717, 1.165) is 49.3 Å². The van der Waals surface area contributed by atoms with Gasteiger partial charge < -0.3 is 19.1 Å². The number of esters is 1. The first kappa shape index (κ1) is 25.4. The predicted molar refractivity (Wildman–Crippen MR) is 140 cm³/mol. The Morgan fingerprint density at radius 1 is 1.19 bits per heavy atom. The number of carbonyl (C=O) groups is 2. The molecule has 0 unspecified atom stereocenters. The number of aromatic nitrogens is 1. The molecule has 2 saturated heterocycles. The first-order chi connectivity index (χ1) is 17.1. The third-order valence-electron chi connectivity index (χ3n) is 6.72. The third-order valence-corrected chi connectivity index (χ3v) is 7.21. The van der Waals surface area contributed by atoms with Gasteiger partial charge in [-0.15, -0.1) is 0 Å². The summed E-state index contributed by atoms with van der Waals surface area (Å²) in [6, 6.07) is 7.22. The van der Waals surface area contributed by atoms with Crippen molar-refractivity contribution in [2.24, 2.45) is 0 Å². The number of nitro benzene ring substituents is 1. The summed E-state index contributed by atoms with van der Waals surface area (Å²) in [5, 5.41) is 12.2. The number of methoxy groups -OCH3 is 1. The molecule has 2 aliphatic rings. The highest BCUT2D eigenvalue weighted by Gasteiger charge is 2.37. The first-order valence-corrected chi connectivity index (χ1v) is 12.2. The van der Waals surface area contributed by atoms with E-state index in [-0.39, 0.29) is 33.9 Å². The normalized spacial score (nSPS) is 17.3. The minimum atomic E-state index is -0.516. The second kappa shape index (κ2) is 10.1. The van der Waals surface area contributed by atoms with E-state index in [1.807, 2.05) is 36.6 Å². The lowest BCUT2D eigenvalue weighted by atomic mass is 10.1. The Kier molecular flexibility index (Phi) is 7.11. The number of aryl methyl sites for hydroxylation is 1. The van der Waals surface area contributed by atoms with E-state index < -0.39 is 5.97 Å². The van der Waals surface area contributed by atoms with Gasteiger partial charge in [0.1, 0.15) is 17.9 Å². The molecule has 2 aromatic rings. The first-order valence-electron chi connectivity index (χ1n) is 11.7. The van der Waals surface area contributed by atoms with Crippen molar-refractivity contribution in [1.82, 2.24) is 14.4 Å². The fourth-order valence-corrected chi connectivity index (χ4v) is 5.07. The number of piperidine rings is 1. The fourth-order valence-electron chi connectivity index (χ4n) is 4.82. The van der Waals surface area contributed by atoms with Gasteiger partial charge in [-0.05, 0) is 75.2 Å². The molecule has 11 heteroatoms. The predicted octanol–water partition coefficient (Wildman–Crippen LogP) is 3.57. The minimum Gasteiger partial charge on any atom is -0.468 e. The number of hydrogen-bond acceptors (Lipinski definition) is 7. The lowest BCUT2D eigenvalue weighted by Gasteiger charge is -2.28. The zero-order valence-corrected chi connectivity index (χ0v) is 21.6. The van der Waals surface area contributed by atoms with Gasteiger partial charge in [-0.2, -0.15) is 0 Å². The van der Waals surface area contributed by atoms with Gasteiger partial charge >= 0.3 is 5.97 Å². The zero-order valence-electron chi connectivity index (χ0n) is 20.8. The summed E-state index contributed by atoms with van der Waals surface area (Å²) >= 11 is 5.35. The topological polar surface area (TPSA) is 101 Å². The number of thiocarbonyl (C=S) groups is 1. The molecule has 0 N–H and O–H groups in total. The highest BCUT2D eigenvalue weighted by Crippen LogP contribution is 2.34. The second-order valence-electron chi connectivity index (χ2n) is 8.98. The number of rotatable bonds is 6. The molecule has 1 aromatic heterocycles. The van der Waals surface area contributed by atoms with Gasteiger partial charge in [-0.1, -0.05) is 0 Å². The van der Waals surface area contributed by atoms with Crippen molar-refractivity contribution in [3.63, 3.8) is 0 Å². The molecule has 1 amide bonds. The number of nitro groups is 1. The van der Waals surface area contributed by atoms with Crippen LogP contribution >= 0.6 is 12.2 Å². The summed E-state index contributed by atoms with van der Waals surface area (Å²) in [6.07, 6.45) is 4.88. The van der Waals surface area contributed by atoms with Gasteiger partial charge in [0.05, 0.1) is 17.7 Å². The Bertz CT molecular complexity index is 1280. The van der Waals surface area contributed by atoms with Crippen LogP contribution in [0.25, 0.3) is 11.8 Å². The Morgan fingerprint density at radius 3 is 2.53 bits per heavy atom. The summed E-state index contributed by atoms with van der Waals surface area (Å²) in [5.74, 6) is -0.840. The quantitative estimate of drug-likeness (QED) is 0.191. The molecule has 0 aliphatic carbocycles. The lowest BCUT2D eigenvalue weighted by Crippen LogP contribution is -2.33. The van der Waals surface area contributed by atoms with E-state index in [4.69, 9.17) is 17.0 Å². The average Bonchev–Trinajstić information content (AvgIpc) is 3.26. The van der Waals surface area contributed by atoms with E-state index in [1.165, 1.54) is 16.9 Å². The van der Waals surface area contributed by atoms with Crippen molar-refractivity contribution in [2.45, 2.75) is 33.1 Å². The van der Waals surface area contributed by atoms with E-state index in [9.17, 15) is 19.7 Å². The van der Waals surface area contributed by atoms with Gasteiger partial charge in [0.2, 0.25) is 0 Å². The standard InChI is InChI=1S/C25H29N5O5S/c1-16-12-18(13-22-24(32)26(3)25(36)28(22)15-23(31)35-4)17(2)29(16)19-8-9-20(21(14-19)30(33)34)27-10-6-5-7-11-27/h8-9,12-14H,5-7,10-11,15H2,1-4H3/b22-13-. The molecule has 3 heterocycles. The number of benzene rings is 1. The summed E-state index contributed by atoms with van der Waals surface area (Å²) in [5.41, 5.74) is 4.03. The van der Waals surface area contributed by atoms with Crippen molar-refractivity contribution < 1.29 is 19.2 Å². The molecule has 2 aliphatic heterocycles. The van der Waals surface area contributed by atoms with Gasteiger partial charge in [-0.3, -0.25) is 24.6 Å². The SMILES string of the molecule is COC(=O)CN1C(=S)N(C)C(=O)/C1=C/c1cc(C)n(-c2ccc(N3CCCCC3)c([N+](=O)[O-])c2)c1C. The molecule has 190 valence electrons. The van der Waals surface area contributed by atoms with Crippen molar-refractivity contribution >= 4 is 46.7 Å². The van der Waals surface area contributed by atoms with Crippen LogP contribution in [-0.4, -0.2) is 70.1 Å². The largest absolute Gasteiger partial charge is 0.468 e. The number of anilines is 1. The second-order valence-corrected chi connectivity index (χ2v) is 9.34. The summed E-state index contributed by atoms with van der Waals surface area (Å²) in [7, 11) is 2.84. The van der Waals surface area contributed by atoms with Crippen LogP contribution in [0.15, 0.2) is 30.0 Å². The number of amides is 1. The highest BCUT2D eigenvalue weighted by atomic mass is 32.1. The van der Waals surface area contributed by atoms with Crippen LogP contribution in [0.4, 0.5) is 11.4 Å². The minimum absolute atomic E-state index is 0.0731. The lowest BCUT2D eigenvalue weighted by molar-refractivity contribution is -0.384. The van der Waals surface area contributed by atoms with Crippen LogP contribution in [0, 0.1) is 24.0 Å². The van der Waals surface area contributed by atoms with Crippen molar-refractivity contribution in [3.05, 3.63) is 57.0 Å². The molecule has 10 nitrogen and oxygen atoms in total. The average molecular weight is 512 g/mol. The highest BCUT2D eigenvalue weighted by molar-refractivity contribution is 7.80. The van der Waals surface area contributed by atoms with Crippen molar-refractivity contribution in [1.29, 1.82) is 0 Å². The monoisotopic (exact) mass is 511 g/mol. The third kappa shape index (κ3) is 4.58. The summed E-state index contributed by atoms with van der Waals surface area (Å²) in [6.45, 7) is 5.23. The number of nitrogens with zero attached hydrogens (tertiary/aromatic N) is 5. The van der Waals surface area contributed by atoms with Gasteiger partial charge in [0.25, 0.3) is 11.6 Å². The van der Waals surface area contributed by atoms with E-state index >= 15 is 0 Å². The number of hydrogen-bond donors (Lipinski definition) is 0. The summed E-state index contributed by atoms with van der Waals surface area (Å²) < 4.78 is 6.68. The number of carbonyl (C=O) groups excluding carboxylic acids is 2. The summed E-state index contributed by atoms with van der Waals surface area (Å²) in [4.78, 5) is 41.3. The van der Waals surface area contributed by atoms with Gasteiger partial charge in [0.15, 0.2) is 5.11 Å². The molecule has 4 rings (SSSR count). The smallest absolute Gasteiger partial charge is 0.325 e. The Hall–Kier alpha value is -3.73. The van der Waals surface area contributed by atoms with Crippen LogP contribution < -0.4 is 4.90 Å². The number of ether oxygens (including phenoxy) is 1. The van der Waals surface area contributed by atoms with Crippen molar-refractivity contribution in [2.75, 3.05) is 38.7 Å². The van der Waals surface area contributed by atoms with Crippen LogP contribution in [0.3, 0.4) is 0 Å². The molecule has 2 fully saturated rings.